The molecule has 2 fully saturated rings. The lowest BCUT2D eigenvalue weighted by molar-refractivity contribution is -0.136. The maximum Gasteiger partial charge on any atom is 0.227 e. The number of nitrogens with zero attached hydrogens (tertiary/aromatic N) is 1. The minimum Gasteiger partial charge on any atom is -0.494 e. The van der Waals surface area contributed by atoms with E-state index in [-0.39, 0.29) is 40.7 Å². The summed E-state index contributed by atoms with van der Waals surface area (Å²) < 4.78 is 29.7. The highest BCUT2D eigenvalue weighted by Gasteiger charge is 2.61. The van der Waals surface area contributed by atoms with Crippen LogP contribution in [0.3, 0.4) is 0 Å². The van der Waals surface area contributed by atoms with Crippen LogP contribution in [-0.2, 0) is 21.2 Å². The Morgan fingerprint density at radius 1 is 1.24 bits per heavy atom. The molecule has 160 valence electrons. The van der Waals surface area contributed by atoms with Crippen molar-refractivity contribution in [3.8, 4) is 5.75 Å². The van der Waals surface area contributed by atoms with Gasteiger partial charge in [0.15, 0.2) is 9.84 Å². The largest absolute Gasteiger partial charge is 0.494 e. The van der Waals surface area contributed by atoms with Crippen molar-refractivity contribution in [3.63, 3.8) is 0 Å². The molecule has 6 heteroatoms. The van der Waals surface area contributed by atoms with Crippen molar-refractivity contribution >= 4 is 15.7 Å². The Bertz CT molecular complexity index is 882. The summed E-state index contributed by atoms with van der Waals surface area (Å²) in [6.45, 7) is 11.3. The van der Waals surface area contributed by atoms with E-state index in [1.54, 1.807) is 0 Å². The van der Waals surface area contributed by atoms with Crippen LogP contribution in [0.2, 0.25) is 0 Å². The minimum absolute atomic E-state index is 0.0657. The molecule has 1 amide bonds. The molecule has 3 atom stereocenters. The highest BCUT2D eigenvalue weighted by Crippen LogP contribution is 2.60. The molecule has 1 aromatic carbocycles. The summed E-state index contributed by atoms with van der Waals surface area (Å²) in [4.78, 5) is 15.4. The first kappa shape index (κ1) is 21.9. The molecule has 0 spiro atoms. The van der Waals surface area contributed by atoms with Crippen molar-refractivity contribution in [2.45, 2.75) is 53.6 Å². The van der Waals surface area contributed by atoms with Crippen molar-refractivity contribution in [3.05, 3.63) is 41.5 Å². The summed E-state index contributed by atoms with van der Waals surface area (Å²) in [6, 6.07) is 7.48. The third kappa shape index (κ3) is 4.85. The molecule has 0 N–H and O–H groups in total. The normalized spacial score (nSPS) is 26.6. The summed E-state index contributed by atoms with van der Waals surface area (Å²) in [5.74, 6) is 1.22. The standard InChI is InChI=1S/C23H33NO4S/c1-6-28-19-9-7-17(8-10-19)14-24(18-11-12-29(26,27)15-18)22(25)21-20(13-16(2)3)23(21,4)5/h7-10,13,18,20-21H,6,11-12,14-15H2,1-5H3/t18-,20-,21-/m1/s1. The highest BCUT2D eigenvalue weighted by atomic mass is 32.2. The molecule has 1 aliphatic carbocycles. The van der Waals surface area contributed by atoms with Crippen LogP contribution in [0.1, 0.15) is 46.6 Å². The van der Waals surface area contributed by atoms with Crippen LogP contribution in [0.15, 0.2) is 35.9 Å². The second kappa shape index (κ2) is 8.13. The van der Waals surface area contributed by atoms with Gasteiger partial charge in [-0.05, 0) is 56.2 Å². The van der Waals surface area contributed by atoms with Gasteiger partial charge in [-0.3, -0.25) is 4.79 Å². The molecule has 1 saturated carbocycles. The van der Waals surface area contributed by atoms with Gasteiger partial charge in [-0.25, -0.2) is 8.42 Å². The molecule has 1 heterocycles. The molecule has 1 aliphatic heterocycles. The Hall–Kier alpha value is -1.82. The lowest BCUT2D eigenvalue weighted by atomic mass is 10.1. The molecule has 3 rings (SSSR count). The van der Waals surface area contributed by atoms with Gasteiger partial charge in [0.25, 0.3) is 0 Å². The monoisotopic (exact) mass is 419 g/mol. The number of sulfone groups is 1. The number of amides is 1. The fraction of sp³-hybridized carbons (Fsp3) is 0.609. The molecule has 1 aromatic rings. The third-order valence-corrected chi connectivity index (χ3v) is 7.96. The maximum atomic E-state index is 13.6. The molecule has 0 aromatic heterocycles. The molecule has 1 saturated heterocycles. The first-order valence-corrected chi connectivity index (χ1v) is 12.2. The van der Waals surface area contributed by atoms with Gasteiger partial charge in [0.1, 0.15) is 5.75 Å². The quantitative estimate of drug-likeness (QED) is 0.630. The third-order valence-electron chi connectivity index (χ3n) is 6.21. The summed E-state index contributed by atoms with van der Waals surface area (Å²) in [5, 5.41) is 0. The zero-order valence-electron chi connectivity index (χ0n) is 18.1. The van der Waals surface area contributed by atoms with Crippen molar-refractivity contribution in [1.82, 2.24) is 4.90 Å². The Balaban J connectivity index is 1.84. The lowest BCUT2D eigenvalue weighted by Gasteiger charge is -2.29. The van der Waals surface area contributed by atoms with Crippen LogP contribution >= 0.6 is 0 Å². The topological polar surface area (TPSA) is 63.7 Å². The molecule has 2 aliphatic rings. The van der Waals surface area contributed by atoms with Gasteiger partial charge in [-0.1, -0.05) is 37.6 Å². The van der Waals surface area contributed by atoms with E-state index in [0.717, 1.165) is 11.3 Å². The minimum atomic E-state index is -3.07. The van der Waals surface area contributed by atoms with Gasteiger partial charge in [0, 0.05) is 12.6 Å². The first-order chi connectivity index (χ1) is 13.5. The van der Waals surface area contributed by atoms with Gasteiger partial charge in [-0.2, -0.15) is 0 Å². The molecular weight excluding hydrogens is 386 g/mol. The number of carbonyl (C=O) groups excluding carboxylic acids is 1. The van der Waals surface area contributed by atoms with E-state index in [1.807, 2.05) is 36.1 Å². The van der Waals surface area contributed by atoms with Gasteiger partial charge in [0.05, 0.1) is 24.0 Å². The average Bonchev–Trinajstić information content (AvgIpc) is 2.96. The van der Waals surface area contributed by atoms with Crippen LogP contribution in [0, 0.1) is 17.3 Å². The van der Waals surface area contributed by atoms with E-state index in [4.69, 9.17) is 4.74 Å². The lowest BCUT2D eigenvalue weighted by Crippen LogP contribution is -2.42. The van der Waals surface area contributed by atoms with Crippen molar-refractivity contribution in [2.24, 2.45) is 17.3 Å². The number of hydrogen-bond donors (Lipinski definition) is 0. The number of rotatable bonds is 7. The predicted molar refractivity (Wildman–Crippen MR) is 115 cm³/mol. The number of allylic oxidation sites excluding steroid dienone is 2. The average molecular weight is 420 g/mol. The molecule has 0 unspecified atom stereocenters. The first-order valence-electron chi connectivity index (χ1n) is 10.4. The van der Waals surface area contributed by atoms with E-state index >= 15 is 0 Å². The maximum absolute atomic E-state index is 13.6. The number of benzene rings is 1. The molecule has 0 radical (unpaired) electrons. The molecule has 5 nitrogen and oxygen atoms in total. The van der Waals surface area contributed by atoms with Crippen LogP contribution in [0.5, 0.6) is 5.75 Å². The molecular formula is C23H33NO4S. The zero-order chi connectivity index (χ0) is 21.4. The summed E-state index contributed by atoms with van der Waals surface area (Å²) in [6.07, 6.45) is 2.70. The Morgan fingerprint density at radius 3 is 2.41 bits per heavy atom. The number of carbonyl (C=O) groups is 1. The zero-order valence-corrected chi connectivity index (χ0v) is 19.0. The smallest absolute Gasteiger partial charge is 0.227 e. The summed E-state index contributed by atoms with van der Waals surface area (Å²) in [5.41, 5.74) is 2.10. The summed E-state index contributed by atoms with van der Waals surface area (Å²) >= 11 is 0. The van der Waals surface area contributed by atoms with Crippen LogP contribution in [0.25, 0.3) is 0 Å². The number of ether oxygens (including phenoxy) is 1. The van der Waals surface area contributed by atoms with E-state index in [9.17, 15) is 13.2 Å². The second-order valence-corrected chi connectivity index (χ2v) is 11.4. The van der Waals surface area contributed by atoms with Gasteiger partial charge < -0.3 is 9.64 Å². The van der Waals surface area contributed by atoms with Crippen molar-refractivity contribution in [1.29, 1.82) is 0 Å². The Labute approximate surface area is 175 Å². The Kier molecular flexibility index (Phi) is 6.13. The van der Waals surface area contributed by atoms with Crippen molar-refractivity contribution in [2.75, 3.05) is 18.1 Å². The van der Waals surface area contributed by atoms with Gasteiger partial charge in [-0.15, -0.1) is 0 Å². The highest BCUT2D eigenvalue weighted by molar-refractivity contribution is 7.91. The van der Waals surface area contributed by atoms with Crippen molar-refractivity contribution < 1.29 is 17.9 Å². The second-order valence-electron chi connectivity index (χ2n) is 9.17. The van der Waals surface area contributed by atoms with Gasteiger partial charge in [0.2, 0.25) is 5.91 Å². The summed E-state index contributed by atoms with van der Waals surface area (Å²) in [7, 11) is -3.07. The van der Waals surface area contributed by atoms with E-state index in [1.165, 1.54) is 5.57 Å². The predicted octanol–water partition coefficient (Wildman–Crippen LogP) is 3.84. The Morgan fingerprint density at radius 2 is 1.90 bits per heavy atom. The van der Waals surface area contributed by atoms with Crippen LogP contribution < -0.4 is 4.74 Å². The fourth-order valence-electron chi connectivity index (χ4n) is 4.46. The van der Waals surface area contributed by atoms with E-state index in [2.05, 4.69) is 33.8 Å². The molecule has 0 bridgehead atoms. The number of hydrogen-bond acceptors (Lipinski definition) is 4. The fourth-order valence-corrected chi connectivity index (χ4v) is 6.19. The van der Waals surface area contributed by atoms with Crippen LogP contribution in [-0.4, -0.2) is 43.4 Å². The van der Waals surface area contributed by atoms with E-state index in [0.29, 0.717) is 19.6 Å². The molecule has 29 heavy (non-hydrogen) atoms. The van der Waals surface area contributed by atoms with Crippen LogP contribution in [0.4, 0.5) is 0 Å². The van der Waals surface area contributed by atoms with Gasteiger partial charge >= 0.3 is 0 Å². The SMILES string of the molecule is CCOc1ccc(CN(C(=O)[C@H]2[C@@H](C=C(C)C)C2(C)C)[C@@H]2CCS(=O)(=O)C2)cc1. The van der Waals surface area contributed by atoms with E-state index < -0.39 is 9.84 Å².